The summed E-state index contributed by atoms with van der Waals surface area (Å²) in [5.74, 6) is 0.146. The molecule has 46 heavy (non-hydrogen) atoms. The largest absolute Gasteiger partial charge is 0.377 e. The van der Waals surface area contributed by atoms with Gasteiger partial charge < -0.3 is 19.7 Å². The summed E-state index contributed by atoms with van der Waals surface area (Å²) in [4.78, 5) is 59.7. The van der Waals surface area contributed by atoms with Gasteiger partial charge >= 0.3 is 0 Å². The highest BCUT2D eigenvalue weighted by Gasteiger charge is 2.67. The zero-order chi connectivity index (χ0) is 32.0. The number of amides is 2. The summed E-state index contributed by atoms with van der Waals surface area (Å²) >= 11 is 3.42. The zero-order valence-electron chi connectivity index (χ0n) is 25.3. The maximum absolute atomic E-state index is 14.1. The van der Waals surface area contributed by atoms with E-state index < -0.39 is 6.04 Å². The molecule has 7 rings (SSSR count). The number of halogens is 1. The van der Waals surface area contributed by atoms with E-state index in [1.165, 1.54) is 11.6 Å². The van der Waals surface area contributed by atoms with Gasteiger partial charge in [0.1, 0.15) is 34.5 Å². The Bertz CT molecular complexity index is 1890. The third-order valence-electron chi connectivity index (χ3n) is 8.70. The van der Waals surface area contributed by atoms with Crippen molar-refractivity contribution < 1.29 is 23.9 Å². The predicted molar refractivity (Wildman–Crippen MR) is 170 cm³/mol. The Hall–Kier alpha value is -4.40. The molecule has 0 unspecified atom stereocenters. The number of hydrogen-bond donors (Lipinski definition) is 1. The number of pyridine rings is 2. The number of likely N-dealkylation sites (tertiary alicyclic amines) is 1. The van der Waals surface area contributed by atoms with Crippen molar-refractivity contribution in [3.63, 3.8) is 0 Å². The second-order valence-corrected chi connectivity index (χ2v) is 12.8. The topological polar surface area (TPSA) is 154 Å². The van der Waals surface area contributed by atoms with Crippen molar-refractivity contribution in [1.82, 2.24) is 34.6 Å². The molecule has 2 amide bonds. The van der Waals surface area contributed by atoms with Crippen LogP contribution >= 0.6 is 15.9 Å². The van der Waals surface area contributed by atoms with Gasteiger partial charge in [0.2, 0.25) is 11.8 Å². The molecule has 1 saturated carbocycles. The summed E-state index contributed by atoms with van der Waals surface area (Å²) in [5.41, 5.74) is 2.56. The van der Waals surface area contributed by atoms with Crippen molar-refractivity contribution in [2.75, 3.05) is 25.1 Å². The minimum absolute atomic E-state index is 0.162. The van der Waals surface area contributed by atoms with Gasteiger partial charge in [0.15, 0.2) is 5.78 Å². The first-order valence-corrected chi connectivity index (χ1v) is 15.8. The van der Waals surface area contributed by atoms with Crippen LogP contribution in [-0.2, 0) is 32.2 Å². The van der Waals surface area contributed by atoms with Crippen LogP contribution in [0.25, 0.3) is 22.2 Å². The second-order valence-electron chi connectivity index (χ2n) is 11.9. The monoisotopic (exact) mass is 686 g/mol. The Morgan fingerprint density at radius 1 is 1.07 bits per heavy atom. The summed E-state index contributed by atoms with van der Waals surface area (Å²) in [5, 5.41) is 8.03. The number of anilines is 1. The Kier molecular flexibility index (Phi) is 7.95. The van der Waals surface area contributed by atoms with Gasteiger partial charge in [-0.25, -0.2) is 15.0 Å². The Labute approximate surface area is 272 Å². The highest BCUT2D eigenvalue weighted by Crippen LogP contribution is 2.60. The van der Waals surface area contributed by atoms with Crippen LogP contribution < -0.4 is 5.32 Å². The third-order valence-corrected chi connectivity index (χ3v) is 9.11. The fourth-order valence-corrected chi connectivity index (χ4v) is 6.87. The van der Waals surface area contributed by atoms with Gasteiger partial charge in [-0.05, 0) is 59.5 Å². The Balaban J connectivity index is 1.19. The van der Waals surface area contributed by atoms with E-state index in [1.54, 1.807) is 42.5 Å². The number of aryl methyl sites for hydroxylation is 1. The van der Waals surface area contributed by atoms with Gasteiger partial charge in [-0.3, -0.25) is 24.0 Å². The minimum Gasteiger partial charge on any atom is -0.377 e. The van der Waals surface area contributed by atoms with Crippen LogP contribution in [0.15, 0.2) is 53.5 Å². The molecule has 1 saturated heterocycles. The molecule has 14 heteroatoms. The van der Waals surface area contributed by atoms with Gasteiger partial charge in [-0.1, -0.05) is 12.2 Å². The predicted octanol–water partition coefficient (Wildman–Crippen LogP) is 3.66. The van der Waals surface area contributed by atoms with E-state index in [2.05, 4.69) is 46.3 Å². The number of nitrogens with zero attached hydrogens (tertiary/aromatic N) is 7. The maximum atomic E-state index is 14.1. The first kappa shape index (κ1) is 30.3. The summed E-state index contributed by atoms with van der Waals surface area (Å²) in [6.07, 6.45) is 9.96. The van der Waals surface area contributed by atoms with E-state index in [0.29, 0.717) is 71.3 Å². The van der Waals surface area contributed by atoms with Crippen molar-refractivity contribution in [3.8, 4) is 11.3 Å². The van der Waals surface area contributed by atoms with E-state index in [9.17, 15) is 14.4 Å². The lowest BCUT2D eigenvalue weighted by atomic mass is 10.00. The van der Waals surface area contributed by atoms with Gasteiger partial charge in [-0.2, -0.15) is 5.10 Å². The molecule has 0 aromatic carbocycles. The van der Waals surface area contributed by atoms with E-state index in [4.69, 9.17) is 9.47 Å². The molecule has 2 aliphatic heterocycles. The van der Waals surface area contributed by atoms with Crippen LogP contribution in [0.3, 0.4) is 0 Å². The van der Waals surface area contributed by atoms with E-state index in [1.807, 2.05) is 18.2 Å². The lowest BCUT2D eigenvalue weighted by Crippen LogP contribution is -2.46. The van der Waals surface area contributed by atoms with Crippen molar-refractivity contribution >= 4 is 50.2 Å². The summed E-state index contributed by atoms with van der Waals surface area (Å²) in [6, 6.07) is 4.46. The molecule has 3 atom stereocenters. The molecule has 236 valence electrons. The molecule has 0 radical (unpaired) electrons. The number of ketones is 1. The number of carbonyl (C=O) groups excluding carboxylic acids is 3. The first-order chi connectivity index (χ1) is 22.2. The Morgan fingerprint density at radius 3 is 2.63 bits per heavy atom. The van der Waals surface area contributed by atoms with E-state index in [-0.39, 0.29) is 41.3 Å². The lowest BCUT2D eigenvalue weighted by Gasteiger charge is -2.27. The van der Waals surface area contributed by atoms with Crippen LogP contribution in [0.5, 0.6) is 0 Å². The van der Waals surface area contributed by atoms with Crippen LogP contribution in [-0.4, -0.2) is 84.1 Å². The fourth-order valence-electron chi connectivity index (χ4n) is 6.38. The molecule has 2 fully saturated rings. The van der Waals surface area contributed by atoms with Crippen LogP contribution in [0, 0.1) is 12.3 Å². The molecule has 4 aromatic heterocycles. The third kappa shape index (κ3) is 5.83. The highest BCUT2D eigenvalue weighted by atomic mass is 79.9. The molecule has 1 N–H and O–H groups in total. The van der Waals surface area contributed by atoms with Gasteiger partial charge in [0.05, 0.1) is 43.8 Å². The zero-order valence-corrected chi connectivity index (χ0v) is 26.9. The number of nitrogens with one attached hydrogen (secondary N) is 1. The normalized spacial score (nSPS) is 22.8. The number of fused-ring (bicyclic) bond motifs is 4. The minimum atomic E-state index is -0.737. The van der Waals surface area contributed by atoms with Crippen molar-refractivity contribution in [2.45, 2.75) is 51.9 Å². The summed E-state index contributed by atoms with van der Waals surface area (Å²) < 4.78 is 13.8. The van der Waals surface area contributed by atoms with Crippen molar-refractivity contribution in [2.24, 2.45) is 5.41 Å². The SMILES string of the molecule is CC(=O)c1nn(CC(=O)N2[C@H]3C[C@@]4(COCC=CCOCc5cc(Br)nc(c5)NC3=O)C[C@@H]24)c2cnc(-c3cnc(C)nc3)cc12. The van der Waals surface area contributed by atoms with Gasteiger partial charge in [0, 0.05) is 41.7 Å². The fraction of sp³-hybridized carbons (Fsp3) is 0.375. The van der Waals surface area contributed by atoms with Gasteiger partial charge in [-0.15, -0.1) is 0 Å². The number of piperidine rings is 1. The van der Waals surface area contributed by atoms with Gasteiger partial charge in [0.25, 0.3) is 0 Å². The van der Waals surface area contributed by atoms with Crippen LogP contribution in [0.4, 0.5) is 5.82 Å². The number of Topliss-reactive ketones (excluding diaryl/α,β-unsaturated/α-hetero) is 1. The molecule has 1 aliphatic carbocycles. The van der Waals surface area contributed by atoms with Crippen LogP contribution in [0.1, 0.15) is 41.6 Å². The number of aromatic nitrogens is 6. The van der Waals surface area contributed by atoms with E-state index >= 15 is 0 Å². The second kappa shape index (κ2) is 12.1. The average Bonchev–Trinajstić information content (AvgIpc) is 3.43. The van der Waals surface area contributed by atoms with Crippen molar-refractivity contribution in [1.29, 1.82) is 0 Å². The molecule has 6 heterocycles. The Morgan fingerprint density at radius 2 is 1.85 bits per heavy atom. The average molecular weight is 688 g/mol. The number of rotatable bonds is 4. The van der Waals surface area contributed by atoms with Crippen LogP contribution in [0.2, 0.25) is 0 Å². The molecule has 3 aliphatic rings. The summed E-state index contributed by atoms with van der Waals surface area (Å²) in [6.45, 7) is 4.65. The molecule has 13 nitrogen and oxygen atoms in total. The molecule has 1 spiro atoms. The summed E-state index contributed by atoms with van der Waals surface area (Å²) in [7, 11) is 0. The van der Waals surface area contributed by atoms with Crippen molar-refractivity contribution in [3.05, 3.63) is 70.6 Å². The standard InChI is InChI=1S/C32H31BrN8O5/c1-18(42)30-22-9-23(21-12-34-19(2)35-13-21)36-14-25(22)40(39-30)15-29(43)41-24-10-32(11-26(32)41)17-46-6-4-3-5-45-16-20-7-27(33)37-28(8-20)38-31(24)44/h3-4,7-9,12-14,24,26H,5-6,10-11,15-17H2,1-2H3,(H,37,38,44)/t24-,26+,32-/m0/s1. The molecule has 4 aromatic rings. The maximum Gasteiger partial charge on any atom is 0.248 e. The highest BCUT2D eigenvalue weighted by molar-refractivity contribution is 9.10. The number of hydrogen-bond acceptors (Lipinski definition) is 10. The lowest BCUT2D eigenvalue weighted by molar-refractivity contribution is -0.138. The quantitative estimate of drug-likeness (QED) is 0.191. The number of ether oxygens (including phenoxy) is 2. The number of carbonyl (C=O) groups is 3. The van der Waals surface area contributed by atoms with E-state index in [0.717, 1.165) is 12.0 Å². The first-order valence-electron chi connectivity index (χ1n) is 15.0. The molecular formula is C32H31BrN8O5. The molecular weight excluding hydrogens is 656 g/mol. The smallest absolute Gasteiger partial charge is 0.248 e. The molecule has 4 bridgehead atoms.